The van der Waals surface area contributed by atoms with E-state index in [9.17, 15) is 27.9 Å². The first-order valence-electron chi connectivity index (χ1n) is 9.57. The second-order valence-electron chi connectivity index (χ2n) is 7.57. The number of aromatic nitrogens is 2. The van der Waals surface area contributed by atoms with Gasteiger partial charge in [-0.25, -0.2) is 22.7 Å². The summed E-state index contributed by atoms with van der Waals surface area (Å²) in [5, 5.41) is 0. The monoisotopic (exact) mass is 467 g/mol. The summed E-state index contributed by atoms with van der Waals surface area (Å²) < 4.78 is 52.3. The molecule has 4 rings (SSSR count). The lowest BCUT2D eigenvalue weighted by Crippen LogP contribution is -2.22. The number of fused-ring (bicyclic) bond motifs is 2. The summed E-state index contributed by atoms with van der Waals surface area (Å²) in [6.45, 7) is 1.54. The number of benzene rings is 2. The van der Waals surface area contributed by atoms with E-state index in [1.54, 1.807) is 0 Å². The average molecular weight is 467 g/mol. The van der Waals surface area contributed by atoms with E-state index in [1.807, 2.05) is 0 Å². The minimum Gasteiger partial charge on any atom is -0.493 e. The quantitative estimate of drug-likeness (QED) is 0.567. The Morgan fingerprint density at radius 1 is 1.28 bits per heavy atom. The maximum atomic E-state index is 14.6. The molecule has 2 heterocycles. The van der Waals surface area contributed by atoms with E-state index in [-0.39, 0.29) is 52.5 Å². The molecule has 0 bridgehead atoms. The van der Waals surface area contributed by atoms with E-state index < -0.39 is 31.4 Å². The molecule has 3 aromatic rings. The fraction of sp³-hybridized carbons (Fsp3) is 0.300. The first-order chi connectivity index (χ1) is 15.0. The molecule has 1 aliphatic heterocycles. The topological polar surface area (TPSA) is 114 Å². The molecule has 170 valence electrons. The highest BCUT2D eigenvalue weighted by Gasteiger charge is 2.31. The van der Waals surface area contributed by atoms with Crippen molar-refractivity contribution in [1.29, 1.82) is 0 Å². The number of amides is 1. The fourth-order valence-electron chi connectivity index (χ4n) is 3.74. The molecular formula is C20H20F2N3O6P. The van der Waals surface area contributed by atoms with E-state index in [1.165, 1.54) is 38.1 Å². The van der Waals surface area contributed by atoms with Crippen LogP contribution in [0.1, 0.15) is 34.3 Å². The maximum Gasteiger partial charge on any atom is 0.435 e. The van der Waals surface area contributed by atoms with Crippen molar-refractivity contribution in [3.8, 4) is 11.5 Å². The lowest BCUT2D eigenvalue weighted by Gasteiger charge is -2.27. The maximum absolute atomic E-state index is 14.6. The number of hydrogen-bond donors (Lipinski definition) is 2. The summed E-state index contributed by atoms with van der Waals surface area (Å²) >= 11 is 0. The molecule has 9 nitrogen and oxygen atoms in total. The largest absolute Gasteiger partial charge is 0.493 e. The van der Waals surface area contributed by atoms with Crippen LogP contribution in [0.2, 0.25) is 0 Å². The van der Waals surface area contributed by atoms with Crippen molar-refractivity contribution in [2.75, 3.05) is 20.7 Å². The van der Waals surface area contributed by atoms with Gasteiger partial charge in [-0.1, -0.05) is 0 Å². The number of nitrogens with zero attached hydrogens (tertiary/aromatic N) is 3. The lowest BCUT2D eigenvalue weighted by molar-refractivity contribution is 0.0826. The summed E-state index contributed by atoms with van der Waals surface area (Å²) in [5.41, 5.74) is 0.197. The second kappa shape index (κ2) is 7.84. The van der Waals surface area contributed by atoms with Crippen LogP contribution in [0.25, 0.3) is 11.0 Å². The molecule has 0 fully saturated rings. The third kappa shape index (κ3) is 3.83. The minimum absolute atomic E-state index is 0.00689. The SMILES string of the molecule is Cc1nc2c(O[C@H]3CCOc4cc(F)cc(F)c43)cc(C(=O)N(C)C)cc2n1P(=O)(O)O. The number of ether oxygens (including phenoxy) is 2. The molecule has 2 aromatic carbocycles. The number of carbonyl (C=O) groups is 1. The second-order valence-corrected chi connectivity index (χ2v) is 9.00. The first kappa shape index (κ1) is 22.2. The van der Waals surface area contributed by atoms with Gasteiger partial charge in [-0.05, 0) is 19.1 Å². The van der Waals surface area contributed by atoms with Crippen LogP contribution < -0.4 is 9.47 Å². The lowest BCUT2D eigenvalue weighted by atomic mass is 10.0. The minimum atomic E-state index is -4.80. The van der Waals surface area contributed by atoms with Gasteiger partial charge in [-0.15, -0.1) is 0 Å². The normalized spacial score (nSPS) is 15.9. The van der Waals surface area contributed by atoms with Crippen LogP contribution in [-0.4, -0.2) is 50.6 Å². The Kier molecular flexibility index (Phi) is 5.44. The van der Waals surface area contributed by atoms with Crippen LogP contribution in [0.15, 0.2) is 24.3 Å². The van der Waals surface area contributed by atoms with E-state index in [0.29, 0.717) is 0 Å². The van der Waals surface area contributed by atoms with Gasteiger partial charge < -0.3 is 24.2 Å². The van der Waals surface area contributed by atoms with E-state index in [4.69, 9.17) is 9.47 Å². The Bertz CT molecular complexity index is 1290. The Balaban J connectivity index is 1.90. The van der Waals surface area contributed by atoms with Crippen LogP contribution in [0.3, 0.4) is 0 Å². The molecule has 0 radical (unpaired) electrons. The average Bonchev–Trinajstić information content (AvgIpc) is 3.03. The Morgan fingerprint density at radius 3 is 2.66 bits per heavy atom. The highest BCUT2D eigenvalue weighted by molar-refractivity contribution is 7.50. The summed E-state index contributed by atoms with van der Waals surface area (Å²) in [7, 11) is -1.75. The molecule has 0 saturated heterocycles. The molecule has 12 heteroatoms. The highest BCUT2D eigenvalue weighted by Crippen LogP contribution is 2.45. The van der Waals surface area contributed by atoms with Crippen molar-refractivity contribution in [3.63, 3.8) is 0 Å². The van der Waals surface area contributed by atoms with Gasteiger partial charge in [0.25, 0.3) is 5.91 Å². The predicted octanol–water partition coefficient (Wildman–Crippen LogP) is 3.17. The van der Waals surface area contributed by atoms with Crippen LogP contribution in [0, 0.1) is 18.6 Å². The summed E-state index contributed by atoms with van der Waals surface area (Å²) in [5.74, 6) is -2.03. The van der Waals surface area contributed by atoms with E-state index in [0.717, 1.165) is 16.5 Å². The van der Waals surface area contributed by atoms with Gasteiger partial charge in [0.05, 0.1) is 17.7 Å². The van der Waals surface area contributed by atoms with Gasteiger partial charge >= 0.3 is 7.75 Å². The van der Waals surface area contributed by atoms with Gasteiger partial charge in [-0.2, -0.15) is 0 Å². The zero-order valence-corrected chi connectivity index (χ0v) is 18.3. The fourth-order valence-corrected chi connectivity index (χ4v) is 4.59. The predicted molar refractivity (Wildman–Crippen MR) is 110 cm³/mol. The zero-order valence-electron chi connectivity index (χ0n) is 17.4. The van der Waals surface area contributed by atoms with Crippen LogP contribution in [0.5, 0.6) is 11.5 Å². The molecule has 0 spiro atoms. The first-order valence-corrected chi connectivity index (χ1v) is 11.1. The smallest absolute Gasteiger partial charge is 0.435 e. The molecule has 0 aliphatic carbocycles. The summed E-state index contributed by atoms with van der Waals surface area (Å²) in [6.07, 6.45) is -0.672. The van der Waals surface area contributed by atoms with E-state index in [2.05, 4.69) is 4.98 Å². The highest BCUT2D eigenvalue weighted by atomic mass is 31.2. The Hall–Kier alpha value is -3.01. The summed E-state index contributed by atoms with van der Waals surface area (Å²) in [4.78, 5) is 37.7. The van der Waals surface area contributed by atoms with Crippen molar-refractivity contribution in [3.05, 3.63) is 52.9 Å². The van der Waals surface area contributed by atoms with Crippen molar-refractivity contribution in [1.82, 2.24) is 14.2 Å². The number of imidazole rings is 1. The molecule has 32 heavy (non-hydrogen) atoms. The number of halogens is 2. The number of carbonyl (C=O) groups excluding carboxylic acids is 1. The molecule has 0 saturated carbocycles. The Morgan fingerprint density at radius 2 is 2.00 bits per heavy atom. The zero-order chi connectivity index (χ0) is 23.4. The van der Waals surface area contributed by atoms with Crippen LogP contribution in [0.4, 0.5) is 8.78 Å². The van der Waals surface area contributed by atoms with Crippen LogP contribution in [-0.2, 0) is 4.57 Å². The molecule has 1 aliphatic rings. The van der Waals surface area contributed by atoms with Crippen molar-refractivity contribution in [2.45, 2.75) is 19.4 Å². The molecular weight excluding hydrogens is 447 g/mol. The number of hydrogen-bond acceptors (Lipinski definition) is 5. The third-order valence-corrected chi connectivity index (χ3v) is 6.09. The molecule has 1 amide bonds. The molecule has 0 unspecified atom stereocenters. The van der Waals surface area contributed by atoms with Gasteiger partial charge in [-0.3, -0.25) is 4.79 Å². The van der Waals surface area contributed by atoms with Crippen LogP contribution >= 0.6 is 7.75 Å². The van der Waals surface area contributed by atoms with Crippen molar-refractivity contribution in [2.24, 2.45) is 0 Å². The van der Waals surface area contributed by atoms with Gasteiger partial charge in [0.1, 0.15) is 40.6 Å². The van der Waals surface area contributed by atoms with Crippen molar-refractivity contribution >= 4 is 24.7 Å². The Labute approximate surface area is 181 Å². The molecule has 1 atom stereocenters. The van der Waals surface area contributed by atoms with Gasteiger partial charge in [0, 0.05) is 38.2 Å². The van der Waals surface area contributed by atoms with Gasteiger partial charge in [0.15, 0.2) is 0 Å². The standard InChI is InChI=1S/C20H20F2N3O6P/c1-10-23-19-14(25(10)32(27,28)29)6-11(20(26)24(2)3)7-17(19)31-15-4-5-30-16-9-12(21)8-13(22)18(15)16/h6-9,15H,4-5H2,1-3H3,(H2,27,28,29)/t15-/m0/s1. The van der Waals surface area contributed by atoms with Crippen molar-refractivity contribution < 1.29 is 37.4 Å². The molecule has 1 aromatic heterocycles. The number of rotatable bonds is 4. The van der Waals surface area contributed by atoms with Gasteiger partial charge in [0.2, 0.25) is 0 Å². The van der Waals surface area contributed by atoms with E-state index >= 15 is 0 Å². The number of aryl methyl sites for hydroxylation is 1. The third-order valence-electron chi connectivity index (χ3n) is 5.06. The summed E-state index contributed by atoms with van der Waals surface area (Å²) in [6, 6.07) is 4.48. The molecule has 2 N–H and O–H groups in total.